The number of anilines is 1. The number of imide groups is 1. The van der Waals surface area contributed by atoms with Crippen molar-refractivity contribution < 1.29 is 14.4 Å². The number of rotatable bonds is 4. The average Bonchev–Trinajstić information content (AvgIpc) is 3.26. The number of hydrogen-bond donors (Lipinski definition) is 2. The van der Waals surface area contributed by atoms with Gasteiger partial charge in [0.15, 0.2) is 0 Å². The molecule has 1 saturated heterocycles. The van der Waals surface area contributed by atoms with Gasteiger partial charge in [-0.25, -0.2) is 4.79 Å². The van der Waals surface area contributed by atoms with Crippen LogP contribution in [0.25, 0.3) is 0 Å². The van der Waals surface area contributed by atoms with E-state index in [4.69, 9.17) is 0 Å². The van der Waals surface area contributed by atoms with Crippen LogP contribution in [0.2, 0.25) is 0 Å². The molecule has 1 heterocycles. The lowest BCUT2D eigenvalue weighted by Crippen LogP contribution is -2.40. The molecule has 2 aliphatic carbocycles. The smallest absolute Gasteiger partial charge is 0.319 e. The SMILES string of the molecule is O=C(NCCN1C(=O)[C@H]2[C@H](C1=O)[C@H]1C=C[C@H]2C1)Nc1ccc(Br)cc1. The van der Waals surface area contributed by atoms with Crippen molar-refractivity contribution in [2.24, 2.45) is 23.7 Å². The van der Waals surface area contributed by atoms with E-state index < -0.39 is 0 Å². The second-order valence-electron chi connectivity index (χ2n) is 6.72. The molecule has 6 nitrogen and oxygen atoms in total. The number of fused-ring (bicyclic) bond motifs is 5. The molecule has 4 rings (SSSR count). The van der Waals surface area contributed by atoms with Crippen LogP contribution in [-0.2, 0) is 9.59 Å². The molecule has 2 bridgehead atoms. The minimum atomic E-state index is -0.358. The molecular formula is C18H18BrN3O3. The van der Waals surface area contributed by atoms with Crippen LogP contribution in [0.15, 0.2) is 40.9 Å². The predicted molar refractivity (Wildman–Crippen MR) is 95.6 cm³/mol. The number of hydrogen-bond acceptors (Lipinski definition) is 3. The van der Waals surface area contributed by atoms with Crippen LogP contribution in [0.5, 0.6) is 0 Å². The van der Waals surface area contributed by atoms with Gasteiger partial charge >= 0.3 is 6.03 Å². The zero-order valence-electron chi connectivity index (χ0n) is 13.4. The highest BCUT2D eigenvalue weighted by atomic mass is 79.9. The fourth-order valence-electron chi connectivity index (χ4n) is 4.17. The number of carbonyl (C=O) groups is 3. The normalized spacial score (nSPS) is 29.2. The molecule has 0 radical (unpaired) electrons. The topological polar surface area (TPSA) is 78.5 Å². The molecule has 0 aromatic heterocycles. The fraction of sp³-hybridized carbons (Fsp3) is 0.389. The number of halogens is 1. The van der Waals surface area contributed by atoms with Crippen molar-refractivity contribution in [1.29, 1.82) is 0 Å². The van der Waals surface area contributed by atoms with E-state index in [9.17, 15) is 14.4 Å². The summed E-state index contributed by atoms with van der Waals surface area (Å²) in [6, 6.07) is 6.86. The van der Waals surface area contributed by atoms with Gasteiger partial charge in [-0.05, 0) is 42.5 Å². The molecule has 1 saturated carbocycles. The van der Waals surface area contributed by atoms with Gasteiger partial charge in [-0.2, -0.15) is 0 Å². The fourth-order valence-corrected chi connectivity index (χ4v) is 4.44. The summed E-state index contributed by atoms with van der Waals surface area (Å²) < 4.78 is 0.929. The summed E-state index contributed by atoms with van der Waals surface area (Å²) >= 11 is 3.33. The van der Waals surface area contributed by atoms with E-state index in [2.05, 4.69) is 38.7 Å². The number of nitrogens with one attached hydrogen (secondary N) is 2. The molecule has 25 heavy (non-hydrogen) atoms. The summed E-state index contributed by atoms with van der Waals surface area (Å²) in [4.78, 5) is 38.3. The maximum atomic E-state index is 12.5. The number of urea groups is 1. The molecule has 2 fully saturated rings. The first-order chi connectivity index (χ1) is 12.0. The van der Waals surface area contributed by atoms with E-state index in [0.29, 0.717) is 5.69 Å². The van der Waals surface area contributed by atoms with Gasteiger partial charge in [0.1, 0.15) is 0 Å². The zero-order chi connectivity index (χ0) is 17.6. The first kappa shape index (κ1) is 16.3. The van der Waals surface area contributed by atoms with Crippen molar-refractivity contribution in [3.63, 3.8) is 0 Å². The summed E-state index contributed by atoms with van der Waals surface area (Å²) in [7, 11) is 0. The minimum Gasteiger partial charge on any atom is -0.336 e. The van der Waals surface area contributed by atoms with Crippen molar-refractivity contribution in [3.05, 3.63) is 40.9 Å². The Hall–Kier alpha value is -2.15. The molecule has 4 atom stereocenters. The van der Waals surface area contributed by atoms with Crippen LogP contribution in [0.3, 0.4) is 0 Å². The third-order valence-corrected chi connectivity index (χ3v) is 5.81. The van der Waals surface area contributed by atoms with Crippen molar-refractivity contribution >= 4 is 39.5 Å². The van der Waals surface area contributed by atoms with Gasteiger partial charge in [0.25, 0.3) is 0 Å². The van der Waals surface area contributed by atoms with Gasteiger partial charge in [0.05, 0.1) is 11.8 Å². The number of nitrogens with zero attached hydrogens (tertiary/aromatic N) is 1. The summed E-state index contributed by atoms with van der Waals surface area (Å²) in [5.74, 6) is -0.0997. The average molecular weight is 404 g/mol. The molecule has 1 aromatic rings. The molecule has 0 spiro atoms. The van der Waals surface area contributed by atoms with E-state index in [-0.39, 0.29) is 54.6 Å². The van der Waals surface area contributed by atoms with Crippen molar-refractivity contribution in [1.82, 2.24) is 10.2 Å². The standard InChI is InChI=1S/C18H18BrN3O3/c19-12-3-5-13(6-4-12)21-18(25)20-7-8-22-16(23)14-10-1-2-11(9-10)15(14)17(22)24/h1-6,10-11,14-15H,7-9H2,(H2,20,21,25)/t10-,11-,14+,15+/m0/s1. The summed E-state index contributed by atoms with van der Waals surface area (Å²) in [6.07, 6.45) is 5.07. The maximum absolute atomic E-state index is 12.5. The van der Waals surface area contributed by atoms with Gasteiger partial charge in [-0.15, -0.1) is 0 Å². The highest BCUT2D eigenvalue weighted by Gasteiger charge is 2.58. The highest BCUT2D eigenvalue weighted by Crippen LogP contribution is 2.52. The van der Waals surface area contributed by atoms with Gasteiger partial charge in [0.2, 0.25) is 11.8 Å². The molecule has 4 amide bonds. The van der Waals surface area contributed by atoms with Crippen molar-refractivity contribution in [3.8, 4) is 0 Å². The number of amides is 4. The van der Waals surface area contributed by atoms with E-state index >= 15 is 0 Å². The van der Waals surface area contributed by atoms with E-state index in [1.807, 2.05) is 12.1 Å². The Kier molecular flexibility index (Phi) is 4.11. The van der Waals surface area contributed by atoms with Crippen LogP contribution >= 0.6 is 15.9 Å². The first-order valence-electron chi connectivity index (χ1n) is 8.38. The maximum Gasteiger partial charge on any atom is 0.319 e. The Morgan fingerprint density at radius 1 is 1.08 bits per heavy atom. The van der Waals surface area contributed by atoms with E-state index in [1.165, 1.54) is 4.90 Å². The predicted octanol–water partition coefficient (Wildman–Crippen LogP) is 2.38. The van der Waals surface area contributed by atoms with Gasteiger partial charge in [-0.3, -0.25) is 14.5 Å². The lowest BCUT2D eigenvalue weighted by molar-refractivity contribution is -0.140. The molecular weight excluding hydrogens is 386 g/mol. The van der Waals surface area contributed by atoms with Crippen LogP contribution in [-0.4, -0.2) is 35.8 Å². The number of benzene rings is 1. The summed E-state index contributed by atoms with van der Waals surface area (Å²) in [5.41, 5.74) is 0.672. The number of allylic oxidation sites excluding steroid dienone is 2. The van der Waals surface area contributed by atoms with Crippen LogP contribution < -0.4 is 10.6 Å². The van der Waals surface area contributed by atoms with E-state index in [0.717, 1.165) is 10.9 Å². The molecule has 1 aromatic carbocycles. The number of carbonyl (C=O) groups excluding carboxylic acids is 3. The molecule has 130 valence electrons. The minimum absolute atomic E-state index is 0.0815. The van der Waals surface area contributed by atoms with Crippen molar-refractivity contribution in [2.45, 2.75) is 6.42 Å². The Morgan fingerprint density at radius 2 is 1.68 bits per heavy atom. The lowest BCUT2D eigenvalue weighted by atomic mass is 9.85. The van der Waals surface area contributed by atoms with E-state index in [1.54, 1.807) is 12.1 Å². The Morgan fingerprint density at radius 3 is 2.28 bits per heavy atom. The highest BCUT2D eigenvalue weighted by molar-refractivity contribution is 9.10. The van der Waals surface area contributed by atoms with Crippen LogP contribution in [0.1, 0.15) is 6.42 Å². The Bertz CT molecular complexity index is 731. The largest absolute Gasteiger partial charge is 0.336 e. The number of likely N-dealkylation sites (tertiary alicyclic amines) is 1. The third-order valence-electron chi connectivity index (χ3n) is 5.28. The lowest BCUT2D eigenvalue weighted by Gasteiger charge is -2.17. The Balaban J connectivity index is 1.29. The van der Waals surface area contributed by atoms with Gasteiger partial charge in [0, 0.05) is 23.2 Å². The van der Waals surface area contributed by atoms with Gasteiger partial charge < -0.3 is 10.6 Å². The van der Waals surface area contributed by atoms with Crippen molar-refractivity contribution in [2.75, 3.05) is 18.4 Å². The summed E-state index contributed by atoms with van der Waals surface area (Å²) in [6.45, 7) is 0.458. The second-order valence-corrected chi connectivity index (χ2v) is 7.63. The van der Waals surface area contributed by atoms with Gasteiger partial charge in [-0.1, -0.05) is 28.1 Å². The van der Waals surface area contributed by atoms with Crippen LogP contribution in [0.4, 0.5) is 10.5 Å². The quantitative estimate of drug-likeness (QED) is 0.598. The molecule has 3 aliphatic rings. The monoisotopic (exact) mass is 403 g/mol. The second kappa shape index (κ2) is 6.29. The third kappa shape index (κ3) is 2.86. The summed E-state index contributed by atoms with van der Waals surface area (Å²) in [5, 5.41) is 5.41. The Labute approximate surface area is 153 Å². The molecule has 0 unspecified atom stereocenters. The molecule has 2 N–H and O–H groups in total. The molecule has 7 heteroatoms. The van der Waals surface area contributed by atoms with Crippen LogP contribution in [0, 0.1) is 23.7 Å². The zero-order valence-corrected chi connectivity index (χ0v) is 15.0. The first-order valence-corrected chi connectivity index (χ1v) is 9.18. The molecule has 1 aliphatic heterocycles.